The van der Waals surface area contributed by atoms with Gasteiger partial charge in [0.25, 0.3) is 0 Å². The molecule has 2 nitrogen and oxygen atoms in total. The molecule has 1 atom stereocenters. The molecule has 0 amide bonds. The second-order valence-electron chi connectivity index (χ2n) is 5.07. The van der Waals surface area contributed by atoms with Gasteiger partial charge in [0.1, 0.15) is 5.75 Å². The Hall–Kier alpha value is -1.22. The third-order valence-electron chi connectivity index (χ3n) is 3.65. The van der Waals surface area contributed by atoms with Crippen LogP contribution in [-0.4, -0.2) is 6.61 Å². The van der Waals surface area contributed by atoms with E-state index in [1.54, 1.807) is 0 Å². The number of hydrogen-bond donors (Lipinski definition) is 1. The van der Waals surface area contributed by atoms with Crippen molar-refractivity contribution in [2.75, 3.05) is 6.61 Å². The molecule has 2 aromatic rings. The van der Waals surface area contributed by atoms with E-state index in [4.69, 9.17) is 33.7 Å². The fourth-order valence-electron chi connectivity index (χ4n) is 2.57. The largest absolute Gasteiger partial charge is 0.493 e. The van der Waals surface area contributed by atoms with E-state index in [1.165, 1.54) is 0 Å². The zero-order valence-electron chi connectivity index (χ0n) is 11.1. The molecular weight excluding hydrogens is 293 g/mol. The molecule has 0 saturated carbocycles. The highest BCUT2D eigenvalue weighted by Gasteiger charge is 2.22. The van der Waals surface area contributed by atoms with Crippen molar-refractivity contribution >= 4 is 23.2 Å². The molecule has 3 rings (SSSR count). The minimum atomic E-state index is -0.267. The standard InChI is InChI=1S/C16H15Cl2NO/c1-9-6-10(2-3-14(9)18)15(19)13-8-12(17)7-11-4-5-20-16(11)13/h2-3,6-8,15H,4-5,19H2,1H3. The zero-order chi connectivity index (χ0) is 14.3. The molecule has 104 valence electrons. The summed E-state index contributed by atoms with van der Waals surface area (Å²) in [6.07, 6.45) is 0.884. The van der Waals surface area contributed by atoms with Crippen molar-refractivity contribution in [3.05, 3.63) is 62.6 Å². The van der Waals surface area contributed by atoms with Crippen LogP contribution in [0.5, 0.6) is 5.75 Å². The molecule has 0 spiro atoms. The van der Waals surface area contributed by atoms with E-state index >= 15 is 0 Å². The highest BCUT2D eigenvalue weighted by molar-refractivity contribution is 6.31. The van der Waals surface area contributed by atoms with E-state index < -0.39 is 0 Å². The average molecular weight is 308 g/mol. The van der Waals surface area contributed by atoms with Gasteiger partial charge in [0.2, 0.25) is 0 Å². The topological polar surface area (TPSA) is 35.2 Å². The number of halogens is 2. The van der Waals surface area contributed by atoms with E-state index in [-0.39, 0.29) is 6.04 Å². The minimum absolute atomic E-state index is 0.267. The fourth-order valence-corrected chi connectivity index (χ4v) is 2.94. The second kappa shape index (κ2) is 5.28. The number of nitrogens with two attached hydrogens (primary N) is 1. The summed E-state index contributed by atoms with van der Waals surface area (Å²) in [7, 11) is 0. The van der Waals surface area contributed by atoms with E-state index in [1.807, 2.05) is 37.3 Å². The van der Waals surface area contributed by atoms with Crippen molar-refractivity contribution in [2.45, 2.75) is 19.4 Å². The van der Waals surface area contributed by atoms with Crippen LogP contribution in [0.15, 0.2) is 30.3 Å². The second-order valence-corrected chi connectivity index (χ2v) is 5.91. The molecule has 0 radical (unpaired) electrons. The SMILES string of the molecule is Cc1cc(C(N)c2cc(Cl)cc3c2OCC3)ccc1Cl. The summed E-state index contributed by atoms with van der Waals surface area (Å²) in [5, 5.41) is 1.44. The molecule has 1 unspecified atom stereocenters. The summed E-state index contributed by atoms with van der Waals surface area (Å²) in [4.78, 5) is 0. The molecule has 0 saturated heterocycles. The Morgan fingerprint density at radius 2 is 2.00 bits per heavy atom. The molecule has 1 aliphatic heterocycles. The summed E-state index contributed by atoms with van der Waals surface area (Å²) in [5.74, 6) is 0.884. The van der Waals surface area contributed by atoms with E-state index in [0.717, 1.165) is 39.4 Å². The first-order valence-electron chi connectivity index (χ1n) is 6.53. The smallest absolute Gasteiger partial charge is 0.127 e. The zero-order valence-corrected chi connectivity index (χ0v) is 12.6. The van der Waals surface area contributed by atoms with Crippen LogP contribution in [-0.2, 0) is 6.42 Å². The number of fused-ring (bicyclic) bond motifs is 1. The van der Waals surface area contributed by atoms with Crippen molar-refractivity contribution in [2.24, 2.45) is 5.73 Å². The Bertz CT molecular complexity index is 670. The molecule has 1 aliphatic rings. The Labute approximate surface area is 128 Å². The fraction of sp³-hybridized carbons (Fsp3) is 0.250. The van der Waals surface area contributed by atoms with Gasteiger partial charge in [0.05, 0.1) is 12.6 Å². The molecule has 2 aromatic carbocycles. The van der Waals surface area contributed by atoms with E-state index in [9.17, 15) is 0 Å². The summed E-state index contributed by atoms with van der Waals surface area (Å²) in [6, 6.07) is 9.40. The Morgan fingerprint density at radius 3 is 2.75 bits per heavy atom. The molecule has 0 bridgehead atoms. The summed E-state index contributed by atoms with van der Waals surface area (Å²) in [6.45, 7) is 2.66. The maximum absolute atomic E-state index is 6.40. The van der Waals surface area contributed by atoms with Crippen molar-refractivity contribution in [3.63, 3.8) is 0 Å². The summed E-state index contributed by atoms with van der Waals surface area (Å²) >= 11 is 12.2. The van der Waals surface area contributed by atoms with Gasteiger partial charge in [-0.15, -0.1) is 0 Å². The van der Waals surface area contributed by atoms with Crippen molar-refractivity contribution in [3.8, 4) is 5.75 Å². The van der Waals surface area contributed by atoms with Gasteiger partial charge in [-0.25, -0.2) is 0 Å². The minimum Gasteiger partial charge on any atom is -0.493 e. The molecule has 2 N–H and O–H groups in total. The van der Waals surface area contributed by atoms with Crippen LogP contribution in [0.3, 0.4) is 0 Å². The lowest BCUT2D eigenvalue weighted by Crippen LogP contribution is -2.13. The first kappa shape index (κ1) is 13.7. The molecule has 0 aromatic heterocycles. The van der Waals surface area contributed by atoms with Crippen LogP contribution in [0.4, 0.5) is 0 Å². The lowest BCUT2D eigenvalue weighted by molar-refractivity contribution is 0.352. The van der Waals surface area contributed by atoms with Crippen molar-refractivity contribution < 1.29 is 4.74 Å². The van der Waals surface area contributed by atoms with Crippen LogP contribution in [0.25, 0.3) is 0 Å². The molecule has 20 heavy (non-hydrogen) atoms. The van der Waals surface area contributed by atoms with Gasteiger partial charge in [0, 0.05) is 22.0 Å². The van der Waals surface area contributed by atoms with Gasteiger partial charge in [0.15, 0.2) is 0 Å². The third kappa shape index (κ3) is 2.39. The van der Waals surface area contributed by atoms with Gasteiger partial charge >= 0.3 is 0 Å². The summed E-state index contributed by atoms with van der Waals surface area (Å²) < 4.78 is 5.72. The van der Waals surface area contributed by atoms with Gasteiger partial charge in [-0.2, -0.15) is 0 Å². The normalized spacial score (nSPS) is 14.8. The van der Waals surface area contributed by atoms with Crippen LogP contribution < -0.4 is 10.5 Å². The number of ether oxygens (including phenoxy) is 1. The quantitative estimate of drug-likeness (QED) is 0.898. The Balaban J connectivity index is 2.06. The number of hydrogen-bond acceptors (Lipinski definition) is 2. The highest BCUT2D eigenvalue weighted by atomic mass is 35.5. The van der Waals surface area contributed by atoms with E-state index in [2.05, 4.69) is 0 Å². The molecule has 4 heteroatoms. The molecule has 0 fully saturated rings. The predicted molar refractivity (Wildman–Crippen MR) is 82.9 cm³/mol. The number of benzene rings is 2. The first-order valence-corrected chi connectivity index (χ1v) is 7.28. The maximum Gasteiger partial charge on any atom is 0.127 e. The number of rotatable bonds is 2. The monoisotopic (exact) mass is 307 g/mol. The Kier molecular flexibility index (Phi) is 3.63. The summed E-state index contributed by atoms with van der Waals surface area (Å²) in [5.41, 5.74) is 10.5. The van der Waals surface area contributed by atoms with Gasteiger partial charge < -0.3 is 10.5 Å². The van der Waals surface area contributed by atoms with Crippen LogP contribution >= 0.6 is 23.2 Å². The van der Waals surface area contributed by atoms with Crippen molar-refractivity contribution in [1.29, 1.82) is 0 Å². The molecule has 0 aliphatic carbocycles. The van der Waals surface area contributed by atoms with Gasteiger partial charge in [-0.05, 0) is 41.8 Å². The first-order chi connectivity index (χ1) is 9.56. The highest BCUT2D eigenvalue weighted by Crippen LogP contribution is 2.38. The number of aryl methyl sites for hydroxylation is 1. The van der Waals surface area contributed by atoms with Crippen LogP contribution in [0, 0.1) is 6.92 Å². The third-order valence-corrected chi connectivity index (χ3v) is 4.30. The Morgan fingerprint density at radius 1 is 1.20 bits per heavy atom. The van der Waals surface area contributed by atoms with Crippen LogP contribution in [0.1, 0.15) is 28.3 Å². The van der Waals surface area contributed by atoms with Crippen LogP contribution in [0.2, 0.25) is 10.0 Å². The average Bonchev–Trinajstić information content (AvgIpc) is 2.88. The van der Waals surface area contributed by atoms with Crippen molar-refractivity contribution in [1.82, 2.24) is 0 Å². The van der Waals surface area contributed by atoms with Gasteiger partial charge in [-0.3, -0.25) is 0 Å². The van der Waals surface area contributed by atoms with E-state index in [0.29, 0.717) is 11.6 Å². The maximum atomic E-state index is 6.40. The van der Waals surface area contributed by atoms with Gasteiger partial charge in [-0.1, -0.05) is 35.3 Å². The predicted octanol–water partition coefficient (Wildman–Crippen LogP) is 4.28. The molecular formula is C16H15Cl2NO. The molecule has 1 heterocycles. The lowest BCUT2D eigenvalue weighted by atomic mass is 9.95. The lowest BCUT2D eigenvalue weighted by Gasteiger charge is -2.17.